The number of rotatable bonds is 4. The van der Waals surface area contributed by atoms with Crippen LogP contribution in [0.2, 0.25) is 0 Å². The van der Waals surface area contributed by atoms with Crippen LogP contribution < -0.4 is 10.6 Å². The minimum absolute atomic E-state index is 0. The van der Waals surface area contributed by atoms with Crippen molar-refractivity contribution in [3.05, 3.63) is 11.6 Å². The molecule has 6 nitrogen and oxygen atoms in total. The molecule has 2 heterocycles. The summed E-state index contributed by atoms with van der Waals surface area (Å²) in [5, 5.41) is 11.8. The molecule has 0 saturated heterocycles. The molecule has 1 aromatic rings. The van der Waals surface area contributed by atoms with Crippen molar-refractivity contribution in [2.45, 2.75) is 77.8 Å². The van der Waals surface area contributed by atoms with E-state index in [1.165, 1.54) is 25.7 Å². The van der Waals surface area contributed by atoms with E-state index < -0.39 is 0 Å². The van der Waals surface area contributed by atoms with Gasteiger partial charge in [-0.2, -0.15) is 5.10 Å². The fourth-order valence-electron chi connectivity index (χ4n) is 3.78. The number of hydrogen-bond acceptors (Lipinski definition) is 3. The van der Waals surface area contributed by atoms with E-state index in [1.54, 1.807) is 0 Å². The van der Waals surface area contributed by atoms with Crippen molar-refractivity contribution in [3.8, 4) is 0 Å². The van der Waals surface area contributed by atoms with Gasteiger partial charge in [0.2, 0.25) is 0 Å². The molecule has 1 aliphatic heterocycles. The zero-order chi connectivity index (χ0) is 17.2. The third kappa shape index (κ3) is 5.08. The first kappa shape index (κ1) is 20.5. The molecule has 1 fully saturated rings. The van der Waals surface area contributed by atoms with Gasteiger partial charge in [0.05, 0.1) is 6.54 Å². The van der Waals surface area contributed by atoms with Crippen LogP contribution in [0, 0.1) is 5.41 Å². The molecule has 1 saturated carbocycles. The Balaban J connectivity index is 0.00000225. The molecule has 0 amide bonds. The van der Waals surface area contributed by atoms with E-state index in [1.807, 2.05) is 7.05 Å². The molecule has 7 heteroatoms. The van der Waals surface area contributed by atoms with Crippen LogP contribution in [0.25, 0.3) is 0 Å². The van der Waals surface area contributed by atoms with Gasteiger partial charge in [-0.3, -0.25) is 4.99 Å². The van der Waals surface area contributed by atoms with Gasteiger partial charge in [-0.25, -0.2) is 9.67 Å². The van der Waals surface area contributed by atoms with Crippen LogP contribution in [0.1, 0.15) is 70.4 Å². The summed E-state index contributed by atoms with van der Waals surface area (Å²) in [4.78, 5) is 9.07. The van der Waals surface area contributed by atoms with Crippen LogP contribution in [0.3, 0.4) is 0 Å². The number of nitrogens with zero attached hydrogens (tertiary/aromatic N) is 4. The van der Waals surface area contributed by atoms with E-state index in [0.29, 0.717) is 17.4 Å². The molecule has 0 spiro atoms. The number of halogens is 1. The summed E-state index contributed by atoms with van der Waals surface area (Å²) in [6, 6.07) is 0.363. The van der Waals surface area contributed by atoms with Crippen LogP contribution in [0.4, 0.5) is 0 Å². The SMILES string of the molecule is CN=C(NCC1(C)CCCC1)NC1CCc2nc(C(C)C)nn2C1.I. The van der Waals surface area contributed by atoms with E-state index in [2.05, 4.69) is 51.2 Å². The van der Waals surface area contributed by atoms with Crippen molar-refractivity contribution in [3.63, 3.8) is 0 Å². The van der Waals surface area contributed by atoms with E-state index >= 15 is 0 Å². The van der Waals surface area contributed by atoms with Crippen molar-refractivity contribution >= 4 is 29.9 Å². The van der Waals surface area contributed by atoms with Gasteiger partial charge in [0.1, 0.15) is 5.82 Å². The second-order valence-corrected chi connectivity index (χ2v) is 8.05. The molecule has 2 N–H and O–H groups in total. The number of fused-ring (bicyclic) bond motifs is 1. The largest absolute Gasteiger partial charge is 0.356 e. The Labute approximate surface area is 168 Å². The van der Waals surface area contributed by atoms with Gasteiger partial charge < -0.3 is 10.6 Å². The summed E-state index contributed by atoms with van der Waals surface area (Å²) < 4.78 is 2.07. The number of aromatic nitrogens is 3. The average molecular weight is 460 g/mol. The van der Waals surface area contributed by atoms with E-state index in [4.69, 9.17) is 0 Å². The minimum atomic E-state index is 0. The van der Waals surface area contributed by atoms with Crippen molar-refractivity contribution in [1.82, 2.24) is 25.4 Å². The lowest BCUT2D eigenvalue weighted by Crippen LogP contribution is -2.49. The molecule has 2 aliphatic rings. The monoisotopic (exact) mass is 460 g/mol. The van der Waals surface area contributed by atoms with Gasteiger partial charge >= 0.3 is 0 Å². The Morgan fingerprint density at radius 1 is 1.36 bits per heavy atom. The highest BCUT2D eigenvalue weighted by Gasteiger charge is 2.29. The first-order valence-corrected chi connectivity index (χ1v) is 9.40. The zero-order valence-corrected chi connectivity index (χ0v) is 18.3. The molecule has 0 bridgehead atoms. The number of nitrogens with one attached hydrogen (secondary N) is 2. The first-order valence-electron chi connectivity index (χ1n) is 9.40. The first-order chi connectivity index (χ1) is 11.5. The molecular formula is C18H33IN6. The quantitative estimate of drug-likeness (QED) is 0.412. The maximum Gasteiger partial charge on any atom is 0.191 e. The Morgan fingerprint density at radius 2 is 2.08 bits per heavy atom. The van der Waals surface area contributed by atoms with Crippen LogP contribution in [-0.4, -0.2) is 40.4 Å². The number of hydrogen-bond donors (Lipinski definition) is 2. The Morgan fingerprint density at radius 3 is 2.72 bits per heavy atom. The fraction of sp³-hybridized carbons (Fsp3) is 0.833. The lowest BCUT2D eigenvalue weighted by atomic mass is 9.89. The normalized spacial score (nSPS) is 22.4. The highest BCUT2D eigenvalue weighted by atomic mass is 127. The van der Waals surface area contributed by atoms with Crippen molar-refractivity contribution in [2.24, 2.45) is 10.4 Å². The molecule has 1 unspecified atom stereocenters. The van der Waals surface area contributed by atoms with Gasteiger partial charge in [0, 0.05) is 32.0 Å². The molecule has 1 aliphatic carbocycles. The minimum Gasteiger partial charge on any atom is -0.356 e. The molecule has 0 radical (unpaired) electrons. The molecule has 3 rings (SSSR count). The van der Waals surface area contributed by atoms with Crippen LogP contribution in [-0.2, 0) is 13.0 Å². The van der Waals surface area contributed by atoms with Crippen LogP contribution >= 0.6 is 24.0 Å². The Hall–Kier alpha value is -0.860. The predicted molar refractivity (Wildman–Crippen MR) is 113 cm³/mol. The highest BCUT2D eigenvalue weighted by Crippen LogP contribution is 2.36. The smallest absolute Gasteiger partial charge is 0.191 e. The van der Waals surface area contributed by atoms with Gasteiger partial charge in [0.25, 0.3) is 0 Å². The molecular weight excluding hydrogens is 427 g/mol. The zero-order valence-electron chi connectivity index (χ0n) is 16.0. The molecule has 1 atom stereocenters. The third-order valence-electron chi connectivity index (χ3n) is 5.45. The predicted octanol–water partition coefficient (Wildman–Crippen LogP) is 3.08. The maximum atomic E-state index is 4.66. The van der Waals surface area contributed by atoms with Crippen molar-refractivity contribution in [1.29, 1.82) is 0 Å². The molecule has 25 heavy (non-hydrogen) atoms. The Kier molecular flexibility index (Phi) is 7.10. The maximum absolute atomic E-state index is 4.66. The van der Waals surface area contributed by atoms with Crippen LogP contribution in [0.5, 0.6) is 0 Å². The molecule has 142 valence electrons. The number of guanidine groups is 1. The fourth-order valence-corrected chi connectivity index (χ4v) is 3.78. The lowest BCUT2D eigenvalue weighted by molar-refractivity contribution is 0.330. The van der Waals surface area contributed by atoms with Gasteiger partial charge in [-0.15, -0.1) is 24.0 Å². The van der Waals surface area contributed by atoms with E-state index in [9.17, 15) is 0 Å². The third-order valence-corrected chi connectivity index (χ3v) is 5.45. The van der Waals surface area contributed by atoms with Crippen LogP contribution in [0.15, 0.2) is 4.99 Å². The Bertz CT molecular complexity index is 588. The van der Waals surface area contributed by atoms with E-state index in [-0.39, 0.29) is 24.0 Å². The highest BCUT2D eigenvalue weighted by molar-refractivity contribution is 14.0. The van der Waals surface area contributed by atoms with Crippen molar-refractivity contribution < 1.29 is 0 Å². The summed E-state index contributed by atoms with van der Waals surface area (Å²) in [6.07, 6.45) is 7.42. The van der Waals surface area contributed by atoms with Gasteiger partial charge in [0.15, 0.2) is 11.8 Å². The number of aryl methyl sites for hydroxylation is 1. The molecule has 1 aromatic heterocycles. The summed E-state index contributed by atoms with van der Waals surface area (Å²) in [5.74, 6) is 3.39. The summed E-state index contributed by atoms with van der Waals surface area (Å²) in [7, 11) is 1.85. The second kappa shape index (κ2) is 8.68. The summed E-state index contributed by atoms with van der Waals surface area (Å²) in [5.41, 5.74) is 0.426. The van der Waals surface area contributed by atoms with E-state index in [0.717, 1.165) is 43.5 Å². The second-order valence-electron chi connectivity index (χ2n) is 8.05. The summed E-state index contributed by atoms with van der Waals surface area (Å²) in [6.45, 7) is 8.55. The number of aliphatic imine (C=N–C) groups is 1. The molecule has 0 aromatic carbocycles. The van der Waals surface area contributed by atoms with Gasteiger partial charge in [-0.1, -0.05) is 33.6 Å². The lowest BCUT2D eigenvalue weighted by Gasteiger charge is -2.28. The summed E-state index contributed by atoms with van der Waals surface area (Å²) >= 11 is 0. The van der Waals surface area contributed by atoms with Gasteiger partial charge in [-0.05, 0) is 24.7 Å². The van der Waals surface area contributed by atoms with Crippen molar-refractivity contribution in [2.75, 3.05) is 13.6 Å². The standard InChI is InChI=1S/C18H32N6.HI/c1-13(2)16-22-15-8-7-14(11-24(15)23-16)21-17(19-4)20-12-18(3)9-5-6-10-18;/h13-14H,5-12H2,1-4H3,(H2,19,20,21);1H. The topological polar surface area (TPSA) is 67.1 Å². The average Bonchev–Trinajstić information content (AvgIpc) is 3.17.